The molecule has 6 nitrogen and oxygen atoms in total. The molecule has 4 rings (SSSR count). The highest BCUT2D eigenvalue weighted by atomic mass is 16.5. The van der Waals surface area contributed by atoms with Gasteiger partial charge in [-0.15, -0.1) is 0 Å². The molecule has 6 heteroatoms. The van der Waals surface area contributed by atoms with Gasteiger partial charge in [-0.1, -0.05) is 42.5 Å². The molecule has 0 radical (unpaired) electrons. The lowest BCUT2D eigenvalue weighted by molar-refractivity contribution is 0.0521. The first kappa shape index (κ1) is 20.1. The van der Waals surface area contributed by atoms with Crippen molar-refractivity contribution in [2.75, 3.05) is 6.61 Å². The van der Waals surface area contributed by atoms with E-state index >= 15 is 0 Å². The maximum absolute atomic E-state index is 12.5. The molecule has 0 spiro atoms. The van der Waals surface area contributed by atoms with Gasteiger partial charge in [-0.3, -0.25) is 0 Å². The fourth-order valence-electron chi connectivity index (χ4n) is 3.10. The molecule has 0 fully saturated rings. The Morgan fingerprint density at radius 2 is 1.55 bits per heavy atom. The first-order chi connectivity index (χ1) is 15.0. The molecule has 1 heterocycles. The van der Waals surface area contributed by atoms with Crippen LogP contribution in [-0.4, -0.2) is 18.5 Å². The van der Waals surface area contributed by atoms with Crippen molar-refractivity contribution in [2.45, 2.75) is 6.92 Å². The minimum Gasteiger partial charge on any atom is -0.462 e. The minimum absolute atomic E-state index is 0.150. The first-order valence-corrected chi connectivity index (χ1v) is 9.68. The third-order valence-electron chi connectivity index (χ3n) is 4.64. The van der Waals surface area contributed by atoms with E-state index in [1.807, 2.05) is 42.5 Å². The molecule has 3 aromatic carbocycles. The Bertz CT molecular complexity index is 1300. The molecule has 0 N–H and O–H groups in total. The van der Waals surface area contributed by atoms with Crippen molar-refractivity contribution < 1.29 is 23.5 Å². The highest BCUT2D eigenvalue weighted by Crippen LogP contribution is 2.23. The minimum atomic E-state index is -0.814. The maximum Gasteiger partial charge on any atom is 0.351 e. The van der Waals surface area contributed by atoms with Crippen LogP contribution < -0.4 is 10.4 Å². The summed E-state index contributed by atoms with van der Waals surface area (Å²) in [7, 11) is 0. The lowest BCUT2D eigenvalue weighted by Gasteiger charge is -2.07. The van der Waals surface area contributed by atoms with Gasteiger partial charge in [0.15, 0.2) is 0 Å². The van der Waals surface area contributed by atoms with Gasteiger partial charge in [-0.25, -0.2) is 14.4 Å². The Labute approximate surface area is 177 Å². The highest BCUT2D eigenvalue weighted by Gasteiger charge is 2.16. The molecule has 0 aliphatic rings. The van der Waals surface area contributed by atoms with Gasteiger partial charge in [-0.05, 0) is 48.4 Å². The lowest BCUT2D eigenvalue weighted by Crippen LogP contribution is -2.16. The molecular formula is C25H18O6. The summed E-state index contributed by atoms with van der Waals surface area (Å²) >= 11 is 0. The Hall–Kier alpha value is -4.19. The number of esters is 2. The van der Waals surface area contributed by atoms with Gasteiger partial charge in [0.05, 0.1) is 12.2 Å². The van der Waals surface area contributed by atoms with Gasteiger partial charge in [0.2, 0.25) is 0 Å². The zero-order chi connectivity index (χ0) is 21.8. The molecule has 4 aromatic rings. The largest absolute Gasteiger partial charge is 0.462 e. The summed E-state index contributed by atoms with van der Waals surface area (Å²) in [6.07, 6.45) is 0. The summed E-state index contributed by atoms with van der Waals surface area (Å²) in [5, 5.41) is 0.509. The SMILES string of the molecule is CCOC(=O)c1cc2ccc(OC(=O)c3ccc(-c4ccccc4)cc3)cc2oc1=O. The molecule has 154 valence electrons. The Kier molecular flexibility index (Phi) is 5.62. The van der Waals surface area contributed by atoms with Gasteiger partial charge >= 0.3 is 17.6 Å². The molecule has 0 atom stereocenters. The Morgan fingerprint density at radius 3 is 2.26 bits per heavy atom. The van der Waals surface area contributed by atoms with Crippen LogP contribution in [0.3, 0.4) is 0 Å². The quantitative estimate of drug-likeness (QED) is 0.264. The van der Waals surface area contributed by atoms with Crippen molar-refractivity contribution in [3.8, 4) is 16.9 Å². The zero-order valence-electron chi connectivity index (χ0n) is 16.7. The molecule has 0 unspecified atom stereocenters. The Morgan fingerprint density at radius 1 is 0.839 bits per heavy atom. The number of benzene rings is 3. The van der Waals surface area contributed by atoms with Crippen molar-refractivity contribution in [3.63, 3.8) is 0 Å². The van der Waals surface area contributed by atoms with Crippen LogP contribution in [0.2, 0.25) is 0 Å². The second-order valence-electron chi connectivity index (χ2n) is 6.70. The van der Waals surface area contributed by atoms with Crippen LogP contribution in [0.15, 0.2) is 88.1 Å². The van der Waals surface area contributed by atoms with Crippen LogP contribution in [0.25, 0.3) is 22.1 Å². The third-order valence-corrected chi connectivity index (χ3v) is 4.64. The summed E-state index contributed by atoms with van der Waals surface area (Å²) < 4.78 is 15.5. The van der Waals surface area contributed by atoms with E-state index < -0.39 is 17.6 Å². The van der Waals surface area contributed by atoms with Crippen LogP contribution in [0.5, 0.6) is 5.75 Å². The van der Waals surface area contributed by atoms with Gasteiger partial charge in [0.25, 0.3) is 0 Å². The highest BCUT2D eigenvalue weighted by molar-refractivity contribution is 5.94. The number of carbonyl (C=O) groups is 2. The van der Waals surface area contributed by atoms with Crippen LogP contribution in [0, 0.1) is 0 Å². The summed E-state index contributed by atoms with van der Waals surface area (Å²) in [6, 6.07) is 22.9. The van der Waals surface area contributed by atoms with E-state index in [-0.39, 0.29) is 23.5 Å². The van der Waals surface area contributed by atoms with E-state index in [1.54, 1.807) is 31.2 Å². The molecule has 0 saturated carbocycles. The van der Waals surface area contributed by atoms with E-state index in [1.165, 1.54) is 12.1 Å². The standard InChI is InChI=1S/C25H18O6/c1-2-29-24(27)21-14-19-12-13-20(15-22(19)31-25(21)28)30-23(26)18-10-8-17(9-11-18)16-6-4-3-5-7-16/h3-15H,2H2,1H3. The molecule has 0 aliphatic carbocycles. The summed E-state index contributed by atoms with van der Waals surface area (Å²) in [5.41, 5.74) is 1.63. The number of ether oxygens (including phenoxy) is 2. The fourth-order valence-corrected chi connectivity index (χ4v) is 3.10. The van der Waals surface area contributed by atoms with E-state index in [0.717, 1.165) is 11.1 Å². The normalized spacial score (nSPS) is 10.6. The lowest BCUT2D eigenvalue weighted by atomic mass is 10.0. The van der Waals surface area contributed by atoms with Crippen molar-refractivity contribution in [3.05, 3.63) is 100 Å². The average Bonchev–Trinajstić information content (AvgIpc) is 2.79. The number of hydrogen-bond acceptors (Lipinski definition) is 6. The molecular weight excluding hydrogens is 396 g/mol. The van der Waals surface area contributed by atoms with Crippen LogP contribution in [0.4, 0.5) is 0 Å². The monoisotopic (exact) mass is 414 g/mol. The maximum atomic E-state index is 12.5. The van der Waals surface area contributed by atoms with Gasteiger partial charge in [0, 0.05) is 11.5 Å². The smallest absolute Gasteiger partial charge is 0.351 e. The van der Waals surface area contributed by atoms with Gasteiger partial charge in [-0.2, -0.15) is 0 Å². The van der Waals surface area contributed by atoms with Crippen molar-refractivity contribution in [2.24, 2.45) is 0 Å². The van der Waals surface area contributed by atoms with Crippen LogP contribution >= 0.6 is 0 Å². The molecule has 0 aliphatic heterocycles. The molecule has 0 saturated heterocycles. The zero-order valence-corrected chi connectivity index (χ0v) is 16.7. The summed E-state index contributed by atoms with van der Waals surface area (Å²) in [4.78, 5) is 36.4. The number of fused-ring (bicyclic) bond motifs is 1. The number of hydrogen-bond donors (Lipinski definition) is 0. The summed E-state index contributed by atoms with van der Waals surface area (Å²) in [5.74, 6) is -1.06. The van der Waals surface area contributed by atoms with Gasteiger partial charge in [0.1, 0.15) is 16.9 Å². The van der Waals surface area contributed by atoms with Crippen LogP contribution in [0.1, 0.15) is 27.6 Å². The molecule has 0 bridgehead atoms. The van der Waals surface area contributed by atoms with Crippen molar-refractivity contribution in [1.82, 2.24) is 0 Å². The predicted octanol–water partition coefficient (Wildman–Crippen LogP) is 4.86. The van der Waals surface area contributed by atoms with E-state index in [9.17, 15) is 14.4 Å². The van der Waals surface area contributed by atoms with Crippen LogP contribution in [-0.2, 0) is 4.74 Å². The van der Waals surface area contributed by atoms with Crippen molar-refractivity contribution in [1.29, 1.82) is 0 Å². The predicted molar refractivity (Wildman–Crippen MR) is 115 cm³/mol. The average molecular weight is 414 g/mol. The Balaban J connectivity index is 1.54. The van der Waals surface area contributed by atoms with E-state index in [2.05, 4.69) is 0 Å². The first-order valence-electron chi connectivity index (χ1n) is 9.68. The van der Waals surface area contributed by atoms with E-state index in [4.69, 9.17) is 13.9 Å². The number of carbonyl (C=O) groups excluding carboxylic acids is 2. The third kappa shape index (κ3) is 4.38. The fraction of sp³-hybridized carbons (Fsp3) is 0.0800. The van der Waals surface area contributed by atoms with E-state index in [0.29, 0.717) is 10.9 Å². The molecule has 31 heavy (non-hydrogen) atoms. The van der Waals surface area contributed by atoms with Crippen molar-refractivity contribution >= 4 is 22.9 Å². The van der Waals surface area contributed by atoms with Gasteiger partial charge < -0.3 is 13.9 Å². The molecule has 1 aromatic heterocycles. The second-order valence-corrected chi connectivity index (χ2v) is 6.70. The molecule has 0 amide bonds. The summed E-state index contributed by atoms with van der Waals surface area (Å²) in [6.45, 7) is 1.80. The topological polar surface area (TPSA) is 82.8 Å². The number of rotatable bonds is 5. The second kappa shape index (κ2) is 8.67.